The lowest BCUT2D eigenvalue weighted by atomic mass is 10.1. The lowest BCUT2D eigenvalue weighted by Crippen LogP contribution is -2.37. The minimum atomic E-state index is -0.565. The standard InChI is InChI=1S/C23H31N3O4/c1-15(2)12-25(5)23(29)19-14-26(16(3)4)13-18(21(19)27)22(28)24-11-17-9-7-8-10-20(17)30-6/h7-10,13-16H,11-12H2,1-6H3,(H,24,28). The molecule has 1 N–H and O–H groups in total. The van der Waals surface area contributed by atoms with Crippen LogP contribution in [-0.4, -0.2) is 42.0 Å². The number of nitrogens with one attached hydrogen (secondary N) is 1. The SMILES string of the molecule is COc1ccccc1CNC(=O)c1cn(C(C)C)cc(C(=O)N(C)CC(C)C)c1=O. The van der Waals surface area contributed by atoms with Gasteiger partial charge in [-0.25, -0.2) is 0 Å². The summed E-state index contributed by atoms with van der Waals surface area (Å²) in [6, 6.07) is 7.31. The minimum absolute atomic E-state index is 0.00297. The molecule has 0 spiro atoms. The van der Waals surface area contributed by atoms with Crippen LogP contribution in [0.4, 0.5) is 0 Å². The summed E-state index contributed by atoms with van der Waals surface area (Å²) in [6.45, 7) is 8.57. The number of para-hydroxylation sites is 1. The van der Waals surface area contributed by atoms with Crippen LogP contribution in [0.15, 0.2) is 41.5 Å². The van der Waals surface area contributed by atoms with Gasteiger partial charge in [0.25, 0.3) is 11.8 Å². The van der Waals surface area contributed by atoms with Gasteiger partial charge in [0.05, 0.1) is 7.11 Å². The van der Waals surface area contributed by atoms with Gasteiger partial charge >= 0.3 is 0 Å². The highest BCUT2D eigenvalue weighted by Crippen LogP contribution is 2.17. The summed E-state index contributed by atoms with van der Waals surface area (Å²) in [6.07, 6.45) is 3.03. The van der Waals surface area contributed by atoms with Gasteiger partial charge in [-0.2, -0.15) is 0 Å². The van der Waals surface area contributed by atoms with E-state index in [4.69, 9.17) is 4.74 Å². The molecule has 0 aliphatic heterocycles. The van der Waals surface area contributed by atoms with E-state index in [2.05, 4.69) is 5.32 Å². The maximum atomic E-state index is 13.0. The second-order valence-electron chi connectivity index (χ2n) is 8.03. The quantitative estimate of drug-likeness (QED) is 0.721. The second-order valence-corrected chi connectivity index (χ2v) is 8.03. The number of nitrogens with zero attached hydrogens (tertiary/aromatic N) is 2. The van der Waals surface area contributed by atoms with Gasteiger partial charge in [-0.05, 0) is 25.8 Å². The van der Waals surface area contributed by atoms with Gasteiger partial charge in [0, 0.05) is 44.1 Å². The van der Waals surface area contributed by atoms with Gasteiger partial charge in [0.1, 0.15) is 16.9 Å². The number of hydrogen-bond donors (Lipinski definition) is 1. The van der Waals surface area contributed by atoms with Crippen molar-refractivity contribution in [1.29, 1.82) is 0 Å². The van der Waals surface area contributed by atoms with Gasteiger partial charge in [0.2, 0.25) is 5.43 Å². The first-order chi connectivity index (χ1) is 14.1. The third kappa shape index (κ3) is 5.49. The van der Waals surface area contributed by atoms with Gasteiger partial charge in [0.15, 0.2) is 0 Å². The van der Waals surface area contributed by atoms with E-state index >= 15 is 0 Å². The molecule has 2 amide bonds. The van der Waals surface area contributed by atoms with Gasteiger partial charge in [-0.15, -0.1) is 0 Å². The van der Waals surface area contributed by atoms with Crippen molar-refractivity contribution in [2.24, 2.45) is 5.92 Å². The Bertz CT molecular complexity index is 963. The minimum Gasteiger partial charge on any atom is -0.496 e. The molecule has 0 aliphatic rings. The summed E-state index contributed by atoms with van der Waals surface area (Å²) in [7, 11) is 3.22. The third-order valence-electron chi connectivity index (χ3n) is 4.73. The molecule has 2 aromatic rings. The van der Waals surface area contributed by atoms with Crippen LogP contribution >= 0.6 is 0 Å². The van der Waals surface area contributed by atoms with Crippen molar-refractivity contribution in [3.63, 3.8) is 0 Å². The molecule has 162 valence electrons. The fraction of sp³-hybridized carbons (Fsp3) is 0.435. The zero-order valence-corrected chi connectivity index (χ0v) is 18.6. The van der Waals surface area contributed by atoms with E-state index in [0.29, 0.717) is 12.3 Å². The average molecular weight is 414 g/mol. The van der Waals surface area contributed by atoms with Crippen molar-refractivity contribution < 1.29 is 14.3 Å². The van der Waals surface area contributed by atoms with Crippen molar-refractivity contribution in [3.8, 4) is 5.75 Å². The van der Waals surface area contributed by atoms with Gasteiger partial charge in [-0.1, -0.05) is 32.0 Å². The molecule has 1 heterocycles. The Morgan fingerprint density at radius 3 is 2.33 bits per heavy atom. The number of amides is 2. The lowest BCUT2D eigenvalue weighted by Gasteiger charge is -2.21. The highest BCUT2D eigenvalue weighted by Gasteiger charge is 2.22. The van der Waals surface area contributed by atoms with E-state index in [-0.39, 0.29) is 35.5 Å². The van der Waals surface area contributed by atoms with Crippen LogP contribution in [-0.2, 0) is 6.54 Å². The normalized spacial score (nSPS) is 10.9. The Kier molecular flexibility index (Phi) is 7.80. The number of rotatable bonds is 8. The Morgan fingerprint density at radius 2 is 1.73 bits per heavy atom. The Hall–Kier alpha value is -3.09. The van der Waals surface area contributed by atoms with E-state index in [1.807, 2.05) is 45.9 Å². The van der Waals surface area contributed by atoms with Crippen LogP contribution in [0.5, 0.6) is 5.75 Å². The predicted molar refractivity (Wildman–Crippen MR) is 117 cm³/mol. The van der Waals surface area contributed by atoms with E-state index in [9.17, 15) is 14.4 Å². The molecule has 0 aliphatic carbocycles. The predicted octanol–water partition coefficient (Wildman–Crippen LogP) is 3.10. The Labute approximate surface area is 177 Å². The smallest absolute Gasteiger partial charge is 0.259 e. The van der Waals surface area contributed by atoms with Crippen LogP contribution in [0.3, 0.4) is 0 Å². The molecular weight excluding hydrogens is 382 g/mol. The van der Waals surface area contributed by atoms with Crippen molar-refractivity contribution in [2.45, 2.75) is 40.3 Å². The summed E-state index contributed by atoms with van der Waals surface area (Å²) >= 11 is 0. The van der Waals surface area contributed by atoms with Crippen molar-refractivity contribution >= 4 is 11.8 Å². The molecule has 0 saturated heterocycles. The van der Waals surface area contributed by atoms with Gasteiger partial charge < -0.3 is 19.5 Å². The molecule has 7 heteroatoms. The van der Waals surface area contributed by atoms with E-state index < -0.39 is 11.3 Å². The van der Waals surface area contributed by atoms with E-state index in [1.165, 1.54) is 17.3 Å². The number of methoxy groups -OCH3 is 1. The summed E-state index contributed by atoms with van der Waals surface area (Å²) in [5, 5.41) is 2.77. The molecular formula is C23H31N3O4. The number of hydrogen-bond acceptors (Lipinski definition) is 4. The number of carbonyl (C=O) groups excluding carboxylic acids is 2. The third-order valence-corrected chi connectivity index (χ3v) is 4.73. The molecule has 1 aromatic heterocycles. The van der Waals surface area contributed by atoms with Crippen LogP contribution in [0.25, 0.3) is 0 Å². The number of carbonyl (C=O) groups is 2. The summed E-state index contributed by atoms with van der Waals surface area (Å²) in [5.74, 6) is -0.000754. The number of ether oxygens (including phenoxy) is 1. The molecule has 1 aromatic carbocycles. The molecule has 7 nitrogen and oxygen atoms in total. The zero-order chi connectivity index (χ0) is 22.4. The van der Waals surface area contributed by atoms with Gasteiger partial charge in [-0.3, -0.25) is 14.4 Å². The monoisotopic (exact) mass is 413 g/mol. The Morgan fingerprint density at radius 1 is 1.10 bits per heavy atom. The lowest BCUT2D eigenvalue weighted by molar-refractivity contribution is 0.0777. The first-order valence-electron chi connectivity index (χ1n) is 10.1. The first kappa shape index (κ1) is 23.2. The molecule has 2 rings (SSSR count). The number of pyridine rings is 1. The first-order valence-corrected chi connectivity index (χ1v) is 10.1. The summed E-state index contributed by atoms with van der Waals surface area (Å²) < 4.78 is 7.02. The molecule has 0 unspecified atom stereocenters. The molecule has 0 atom stereocenters. The van der Waals surface area contributed by atoms with Crippen LogP contribution in [0, 0.1) is 5.92 Å². The maximum Gasteiger partial charge on any atom is 0.259 e. The van der Waals surface area contributed by atoms with Crippen LogP contribution in [0.1, 0.15) is 60.0 Å². The highest BCUT2D eigenvalue weighted by atomic mass is 16.5. The second kappa shape index (κ2) is 10.1. The largest absolute Gasteiger partial charge is 0.496 e. The molecule has 30 heavy (non-hydrogen) atoms. The van der Waals surface area contributed by atoms with Crippen molar-refractivity contribution in [1.82, 2.24) is 14.8 Å². The number of aromatic nitrogens is 1. The fourth-order valence-electron chi connectivity index (χ4n) is 3.17. The molecule has 0 fully saturated rings. The van der Waals surface area contributed by atoms with Crippen LogP contribution in [0.2, 0.25) is 0 Å². The fourth-order valence-corrected chi connectivity index (χ4v) is 3.17. The van der Waals surface area contributed by atoms with E-state index in [0.717, 1.165) is 5.56 Å². The average Bonchev–Trinajstić information content (AvgIpc) is 2.71. The van der Waals surface area contributed by atoms with Crippen molar-refractivity contribution in [2.75, 3.05) is 20.7 Å². The summed E-state index contributed by atoms with van der Waals surface area (Å²) in [5.41, 5.74) is 0.172. The number of benzene rings is 1. The zero-order valence-electron chi connectivity index (χ0n) is 18.6. The van der Waals surface area contributed by atoms with Crippen LogP contribution < -0.4 is 15.5 Å². The topological polar surface area (TPSA) is 80.6 Å². The van der Waals surface area contributed by atoms with E-state index in [1.54, 1.807) is 24.8 Å². The maximum absolute atomic E-state index is 13.0. The highest BCUT2D eigenvalue weighted by molar-refractivity contribution is 5.99. The molecule has 0 saturated carbocycles. The van der Waals surface area contributed by atoms with Crippen molar-refractivity contribution in [3.05, 3.63) is 63.6 Å². The molecule has 0 radical (unpaired) electrons. The summed E-state index contributed by atoms with van der Waals surface area (Å²) in [4.78, 5) is 40.2. The Balaban J connectivity index is 2.36. The molecule has 0 bridgehead atoms.